The van der Waals surface area contributed by atoms with Crippen LogP contribution >= 0.6 is 15.9 Å². The van der Waals surface area contributed by atoms with Gasteiger partial charge in [0.25, 0.3) is 12.3 Å². The number of amides is 1. The van der Waals surface area contributed by atoms with E-state index in [1.807, 2.05) is 0 Å². The minimum atomic E-state index is -2.68. The van der Waals surface area contributed by atoms with Crippen molar-refractivity contribution < 1.29 is 22.9 Å². The van der Waals surface area contributed by atoms with Gasteiger partial charge in [-0.15, -0.1) is 0 Å². The van der Waals surface area contributed by atoms with Crippen LogP contribution in [0.5, 0.6) is 0 Å². The lowest BCUT2D eigenvalue weighted by Gasteiger charge is -2.19. The molecule has 1 aromatic rings. The molecule has 1 amide bonds. The van der Waals surface area contributed by atoms with E-state index in [-0.39, 0.29) is 12.3 Å². The van der Waals surface area contributed by atoms with E-state index in [1.54, 1.807) is 0 Å². The molecule has 6 nitrogen and oxygen atoms in total. The van der Waals surface area contributed by atoms with Gasteiger partial charge < -0.3 is 9.32 Å². The first-order chi connectivity index (χ1) is 8.45. The summed E-state index contributed by atoms with van der Waals surface area (Å²) < 4.78 is 29.2. The molecule has 100 valence electrons. The molecule has 0 fully saturated rings. The van der Waals surface area contributed by atoms with Crippen molar-refractivity contribution in [3.05, 3.63) is 28.0 Å². The Balaban J connectivity index is 2.83. The first-order valence-corrected chi connectivity index (χ1v) is 5.95. The zero-order valence-corrected chi connectivity index (χ0v) is 10.6. The fourth-order valence-electron chi connectivity index (χ4n) is 1.24. The number of nitro groups is 1. The molecule has 0 aromatic carbocycles. The van der Waals surface area contributed by atoms with E-state index in [1.165, 1.54) is 0 Å². The monoisotopic (exact) mass is 326 g/mol. The van der Waals surface area contributed by atoms with Crippen LogP contribution in [0.25, 0.3) is 0 Å². The number of alkyl halides is 3. The second kappa shape index (κ2) is 6.43. The lowest BCUT2D eigenvalue weighted by molar-refractivity contribution is -0.402. The van der Waals surface area contributed by atoms with Gasteiger partial charge in [0.1, 0.15) is 4.92 Å². The van der Waals surface area contributed by atoms with Gasteiger partial charge in [-0.2, -0.15) is 0 Å². The van der Waals surface area contributed by atoms with E-state index in [0.717, 1.165) is 17.0 Å². The van der Waals surface area contributed by atoms with Crippen LogP contribution in [0.15, 0.2) is 16.5 Å². The summed E-state index contributed by atoms with van der Waals surface area (Å²) in [6.45, 7) is -0.698. The summed E-state index contributed by atoms with van der Waals surface area (Å²) in [5.41, 5.74) is 0. The van der Waals surface area contributed by atoms with Crippen molar-refractivity contribution in [2.45, 2.75) is 6.43 Å². The van der Waals surface area contributed by atoms with Gasteiger partial charge in [-0.3, -0.25) is 14.9 Å². The Bertz CT molecular complexity index is 438. The largest absolute Gasteiger partial charge is 0.433 e. The van der Waals surface area contributed by atoms with Crippen molar-refractivity contribution in [1.29, 1.82) is 0 Å². The molecular weight excluding hydrogens is 318 g/mol. The average Bonchev–Trinajstić information content (AvgIpc) is 2.76. The highest BCUT2D eigenvalue weighted by Crippen LogP contribution is 2.17. The second-order valence-corrected chi connectivity index (χ2v) is 4.02. The van der Waals surface area contributed by atoms with Crippen LogP contribution in [-0.2, 0) is 0 Å². The van der Waals surface area contributed by atoms with E-state index in [0.29, 0.717) is 5.33 Å². The van der Waals surface area contributed by atoms with Crippen molar-refractivity contribution >= 4 is 27.7 Å². The summed E-state index contributed by atoms with van der Waals surface area (Å²) >= 11 is 3.03. The number of hydrogen-bond acceptors (Lipinski definition) is 4. The minimum Gasteiger partial charge on any atom is -0.395 e. The van der Waals surface area contributed by atoms with Gasteiger partial charge in [-0.1, -0.05) is 15.9 Å². The van der Waals surface area contributed by atoms with Crippen LogP contribution in [0.1, 0.15) is 10.6 Å². The van der Waals surface area contributed by atoms with Crippen molar-refractivity contribution in [3.63, 3.8) is 0 Å². The molecule has 0 aliphatic rings. The summed E-state index contributed by atoms with van der Waals surface area (Å²) in [6, 6.07) is 2.09. The molecule has 0 atom stereocenters. The molecule has 0 saturated heterocycles. The molecule has 0 aliphatic heterocycles. The number of rotatable bonds is 6. The Morgan fingerprint density at radius 1 is 1.56 bits per heavy atom. The van der Waals surface area contributed by atoms with Crippen LogP contribution in [0.4, 0.5) is 14.7 Å². The number of furan rings is 1. The SMILES string of the molecule is O=C(c1ccc([N+](=O)[O-])o1)N(CCBr)CC(F)F. The third-order valence-electron chi connectivity index (χ3n) is 1.98. The molecule has 0 unspecified atom stereocenters. The molecule has 1 rings (SSSR count). The lowest BCUT2D eigenvalue weighted by Crippen LogP contribution is -2.36. The van der Waals surface area contributed by atoms with Crippen LogP contribution in [0.3, 0.4) is 0 Å². The Hall–Kier alpha value is -1.51. The minimum absolute atomic E-state index is 0.0532. The maximum atomic E-state index is 12.3. The van der Waals surface area contributed by atoms with E-state index in [4.69, 9.17) is 0 Å². The van der Waals surface area contributed by atoms with Crippen molar-refractivity contribution in [3.8, 4) is 0 Å². The number of nitrogens with zero attached hydrogens (tertiary/aromatic N) is 2. The number of carbonyl (C=O) groups excluding carboxylic acids is 1. The number of carbonyl (C=O) groups is 1. The maximum absolute atomic E-state index is 12.3. The smallest absolute Gasteiger partial charge is 0.395 e. The number of halogens is 3. The van der Waals surface area contributed by atoms with Crippen LogP contribution in [0, 0.1) is 10.1 Å². The van der Waals surface area contributed by atoms with Crippen LogP contribution in [0.2, 0.25) is 0 Å². The second-order valence-electron chi connectivity index (χ2n) is 3.23. The predicted octanol–water partition coefficient (Wildman–Crippen LogP) is 2.29. The number of hydrogen-bond donors (Lipinski definition) is 0. The molecule has 0 aliphatic carbocycles. The first-order valence-electron chi connectivity index (χ1n) is 4.83. The lowest BCUT2D eigenvalue weighted by atomic mass is 10.3. The highest BCUT2D eigenvalue weighted by Gasteiger charge is 2.24. The molecule has 1 heterocycles. The van der Waals surface area contributed by atoms with Crippen molar-refractivity contribution in [2.24, 2.45) is 0 Å². The van der Waals surface area contributed by atoms with Gasteiger partial charge in [0.05, 0.1) is 12.6 Å². The third-order valence-corrected chi connectivity index (χ3v) is 2.34. The van der Waals surface area contributed by atoms with Gasteiger partial charge in [0.2, 0.25) is 0 Å². The fraction of sp³-hybridized carbons (Fsp3) is 0.444. The quantitative estimate of drug-likeness (QED) is 0.456. The summed E-state index contributed by atoms with van der Waals surface area (Å²) in [4.78, 5) is 22.2. The van der Waals surface area contributed by atoms with Gasteiger partial charge in [0, 0.05) is 11.9 Å². The summed E-state index contributed by atoms with van der Waals surface area (Å²) in [6.07, 6.45) is -2.68. The normalized spacial score (nSPS) is 10.7. The van der Waals surface area contributed by atoms with Crippen molar-refractivity contribution in [2.75, 3.05) is 18.4 Å². The standard InChI is InChI=1S/C9H9BrF2N2O4/c10-3-4-13(5-7(11)12)9(15)6-1-2-8(18-6)14(16)17/h1-2,7H,3-5H2. The summed E-state index contributed by atoms with van der Waals surface area (Å²) in [5, 5.41) is 10.7. The molecular formula is C9H9BrF2N2O4. The third kappa shape index (κ3) is 3.76. The molecule has 1 aromatic heterocycles. The highest BCUT2D eigenvalue weighted by molar-refractivity contribution is 9.09. The first kappa shape index (κ1) is 14.6. The molecule has 0 spiro atoms. The zero-order chi connectivity index (χ0) is 13.7. The molecule has 0 bridgehead atoms. The van der Waals surface area contributed by atoms with E-state index >= 15 is 0 Å². The summed E-state index contributed by atoms with van der Waals surface area (Å²) in [5.74, 6) is -1.74. The van der Waals surface area contributed by atoms with Crippen LogP contribution in [-0.4, -0.2) is 40.6 Å². The Morgan fingerprint density at radius 3 is 2.67 bits per heavy atom. The van der Waals surface area contributed by atoms with E-state index in [9.17, 15) is 23.7 Å². The zero-order valence-electron chi connectivity index (χ0n) is 9.01. The molecule has 9 heteroatoms. The van der Waals surface area contributed by atoms with Crippen LogP contribution < -0.4 is 0 Å². The molecule has 0 radical (unpaired) electrons. The Morgan fingerprint density at radius 2 is 2.22 bits per heavy atom. The maximum Gasteiger partial charge on any atom is 0.433 e. The van der Waals surface area contributed by atoms with Crippen molar-refractivity contribution in [1.82, 2.24) is 4.90 Å². The predicted molar refractivity (Wildman–Crippen MR) is 61.1 cm³/mol. The Kier molecular flexibility index (Phi) is 5.20. The van der Waals surface area contributed by atoms with Gasteiger partial charge in [-0.05, 0) is 6.07 Å². The molecule has 0 N–H and O–H groups in total. The summed E-state index contributed by atoms with van der Waals surface area (Å²) in [7, 11) is 0. The average molecular weight is 327 g/mol. The topological polar surface area (TPSA) is 76.6 Å². The molecule has 0 saturated carbocycles. The van der Waals surface area contributed by atoms with E-state index in [2.05, 4.69) is 20.3 Å². The highest BCUT2D eigenvalue weighted by atomic mass is 79.9. The van der Waals surface area contributed by atoms with Gasteiger partial charge >= 0.3 is 5.88 Å². The molecule has 18 heavy (non-hydrogen) atoms. The van der Waals surface area contributed by atoms with Gasteiger partial charge in [0.15, 0.2) is 5.76 Å². The Labute approximate surface area is 109 Å². The van der Waals surface area contributed by atoms with Gasteiger partial charge in [-0.25, -0.2) is 8.78 Å². The fourth-order valence-corrected chi connectivity index (χ4v) is 1.67. The van der Waals surface area contributed by atoms with E-state index < -0.39 is 29.7 Å².